The van der Waals surface area contributed by atoms with Gasteiger partial charge in [0.15, 0.2) is 0 Å². The number of pyridine rings is 1. The van der Waals surface area contributed by atoms with Crippen molar-refractivity contribution in [3.05, 3.63) is 59.8 Å². The second-order valence-electron chi connectivity index (χ2n) is 6.17. The minimum atomic E-state index is 0.573. The number of methoxy groups -OCH3 is 1. The molecule has 1 saturated heterocycles. The molecule has 1 fully saturated rings. The molecule has 1 aliphatic rings. The lowest BCUT2D eigenvalue weighted by Gasteiger charge is -2.37. The molecule has 0 saturated carbocycles. The van der Waals surface area contributed by atoms with Gasteiger partial charge in [0.2, 0.25) is 0 Å². The Hall–Kier alpha value is -2.46. The van der Waals surface area contributed by atoms with Crippen LogP contribution in [0.4, 0.5) is 11.5 Å². The third-order valence-electron chi connectivity index (χ3n) is 4.70. The van der Waals surface area contributed by atoms with Crippen molar-refractivity contribution >= 4 is 33.9 Å². The van der Waals surface area contributed by atoms with Gasteiger partial charge in [-0.05, 0) is 23.6 Å². The summed E-state index contributed by atoms with van der Waals surface area (Å²) in [5.74, 6) is 1.84. The van der Waals surface area contributed by atoms with E-state index in [0.29, 0.717) is 5.15 Å². The lowest BCUT2D eigenvalue weighted by atomic mass is 10.1. The van der Waals surface area contributed by atoms with E-state index >= 15 is 0 Å². The molecule has 4 rings (SSSR count). The summed E-state index contributed by atoms with van der Waals surface area (Å²) in [5, 5.41) is 2.71. The molecule has 2 heterocycles. The number of rotatable bonds is 3. The number of aromatic nitrogens is 1. The standard InChI is InChI=1S/C20H20ClN3O/c1-25-17-7-4-6-16(14-17)23-9-11-24(12-10-23)19-13-15-5-2-3-8-18(15)20(21)22-19/h2-8,13-14H,9-12H2,1H3. The summed E-state index contributed by atoms with van der Waals surface area (Å²) in [7, 11) is 1.70. The van der Waals surface area contributed by atoms with Crippen LogP contribution in [0.25, 0.3) is 10.8 Å². The van der Waals surface area contributed by atoms with Gasteiger partial charge in [0.25, 0.3) is 0 Å². The fourth-order valence-corrected chi connectivity index (χ4v) is 3.56. The molecule has 0 aliphatic carbocycles. The van der Waals surface area contributed by atoms with Gasteiger partial charge in [-0.2, -0.15) is 0 Å². The first-order chi connectivity index (χ1) is 12.2. The van der Waals surface area contributed by atoms with Crippen molar-refractivity contribution in [2.45, 2.75) is 0 Å². The minimum Gasteiger partial charge on any atom is -0.497 e. The Bertz CT molecular complexity index is 891. The van der Waals surface area contributed by atoms with Gasteiger partial charge in [-0.15, -0.1) is 0 Å². The van der Waals surface area contributed by atoms with Gasteiger partial charge in [-0.1, -0.05) is 41.9 Å². The Morgan fingerprint density at radius 3 is 2.48 bits per heavy atom. The molecule has 1 aromatic heterocycles. The number of hydrogen-bond donors (Lipinski definition) is 0. The van der Waals surface area contributed by atoms with E-state index in [2.05, 4.69) is 39.0 Å². The molecule has 2 aromatic carbocycles. The molecule has 128 valence electrons. The first-order valence-electron chi connectivity index (χ1n) is 8.44. The number of hydrogen-bond acceptors (Lipinski definition) is 4. The van der Waals surface area contributed by atoms with Crippen molar-refractivity contribution in [3.63, 3.8) is 0 Å². The average Bonchev–Trinajstić information content (AvgIpc) is 2.68. The molecule has 25 heavy (non-hydrogen) atoms. The molecule has 1 aliphatic heterocycles. The summed E-state index contributed by atoms with van der Waals surface area (Å²) >= 11 is 6.38. The van der Waals surface area contributed by atoms with Crippen LogP contribution < -0.4 is 14.5 Å². The van der Waals surface area contributed by atoms with Crippen molar-refractivity contribution < 1.29 is 4.74 Å². The van der Waals surface area contributed by atoms with Gasteiger partial charge in [0.05, 0.1) is 7.11 Å². The topological polar surface area (TPSA) is 28.6 Å². The number of anilines is 2. The quantitative estimate of drug-likeness (QED) is 0.659. The van der Waals surface area contributed by atoms with Crippen molar-refractivity contribution in [2.75, 3.05) is 43.1 Å². The minimum absolute atomic E-state index is 0.573. The summed E-state index contributed by atoms with van der Waals surface area (Å²) in [5.41, 5.74) is 1.20. The summed E-state index contributed by atoms with van der Waals surface area (Å²) in [4.78, 5) is 9.28. The molecule has 4 nitrogen and oxygen atoms in total. The Balaban J connectivity index is 1.52. The Labute approximate surface area is 152 Å². The van der Waals surface area contributed by atoms with Crippen molar-refractivity contribution in [3.8, 4) is 5.75 Å². The van der Waals surface area contributed by atoms with Crippen LogP contribution in [0.3, 0.4) is 0 Å². The van der Waals surface area contributed by atoms with E-state index in [1.54, 1.807) is 7.11 Å². The normalized spacial score (nSPS) is 14.8. The zero-order chi connectivity index (χ0) is 17.2. The van der Waals surface area contributed by atoms with Gasteiger partial charge in [0, 0.05) is 43.3 Å². The number of halogens is 1. The highest BCUT2D eigenvalue weighted by molar-refractivity contribution is 6.34. The molecule has 3 aromatic rings. The predicted molar refractivity (Wildman–Crippen MR) is 104 cm³/mol. The third kappa shape index (κ3) is 3.22. The molecule has 0 radical (unpaired) electrons. The molecule has 0 unspecified atom stereocenters. The molecule has 0 amide bonds. The second kappa shape index (κ2) is 6.81. The zero-order valence-corrected chi connectivity index (χ0v) is 14.9. The molecule has 0 bridgehead atoms. The molecular weight excluding hydrogens is 334 g/mol. The smallest absolute Gasteiger partial charge is 0.139 e. The van der Waals surface area contributed by atoms with Gasteiger partial charge in [-0.3, -0.25) is 0 Å². The van der Waals surface area contributed by atoms with Crippen LogP contribution in [-0.2, 0) is 0 Å². The average molecular weight is 354 g/mol. The second-order valence-corrected chi connectivity index (χ2v) is 6.53. The summed E-state index contributed by atoms with van der Waals surface area (Å²) < 4.78 is 5.33. The molecule has 0 atom stereocenters. The number of nitrogens with zero attached hydrogens (tertiary/aromatic N) is 3. The maximum atomic E-state index is 6.38. The fourth-order valence-electron chi connectivity index (χ4n) is 3.31. The zero-order valence-electron chi connectivity index (χ0n) is 14.2. The Morgan fingerprint density at radius 1 is 0.920 bits per heavy atom. The van der Waals surface area contributed by atoms with Gasteiger partial charge in [0.1, 0.15) is 16.7 Å². The van der Waals surface area contributed by atoms with E-state index < -0.39 is 0 Å². The first-order valence-corrected chi connectivity index (χ1v) is 8.81. The summed E-state index contributed by atoms with van der Waals surface area (Å²) in [6, 6.07) is 18.5. The highest BCUT2D eigenvalue weighted by Crippen LogP contribution is 2.28. The summed E-state index contributed by atoms with van der Waals surface area (Å²) in [6.07, 6.45) is 0. The highest BCUT2D eigenvalue weighted by Gasteiger charge is 2.19. The Kier molecular flexibility index (Phi) is 4.36. The number of fused-ring (bicyclic) bond motifs is 1. The Morgan fingerprint density at radius 2 is 1.68 bits per heavy atom. The van der Waals surface area contributed by atoms with Crippen LogP contribution >= 0.6 is 11.6 Å². The van der Waals surface area contributed by atoms with Crippen LogP contribution in [-0.4, -0.2) is 38.3 Å². The van der Waals surface area contributed by atoms with E-state index in [0.717, 1.165) is 48.5 Å². The predicted octanol–water partition coefficient (Wildman–Crippen LogP) is 4.22. The van der Waals surface area contributed by atoms with Crippen molar-refractivity contribution in [2.24, 2.45) is 0 Å². The monoisotopic (exact) mass is 353 g/mol. The number of piperazine rings is 1. The van der Waals surface area contributed by atoms with Crippen LogP contribution in [0.1, 0.15) is 0 Å². The first kappa shape index (κ1) is 16.0. The third-order valence-corrected chi connectivity index (χ3v) is 4.99. The molecular formula is C20H20ClN3O. The number of ether oxygens (including phenoxy) is 1. The highest BCUT2D eigenvalue weighted by atomic mass is 35.5. The van der Waals surface area contributed by atoms with Crippen LogP contribution in [0.2, 0.25) is 5.15 Å². The fraction of sp³-hybridized carbons (Fsp3) is 0.250. The SMILES string of the molecule is COc1cccc(N2CCN(c3cc4ccccc4c(Cl)n3)CC2)c1. The molecule has 0 N–H and O–H groups in total. The largest absolute Gasteiger partial charge is 0.497 e. The molecule has 5 heteroatoms. The van der Waals surface area contributed by atoms with Crippen LogP contribution in [0.5, 0.6) is 5.75 Å². The maximum Gasteiger partial charge on any atom is 0.139 e. The van der Waals surface area contributed by atoms with E-state index in [9.17, 15) is 0 Å². The maximum absolute atomic E-state index is 6.38. The van der Waals surface area contributed by atoms with Gasteiger partial charge in [-0.25, -0.2) is 4.98 Å². The molecule has 0 spiro atoms. The van der Waals surface area contributed by atoms with Crippen molar-refractivity contribution in [1.82, 2.24) is 4.98 Å². The van der Waals surface area contributed by atoms with E-state index in [1.165, 1.54) is 5.69 Å². The van der Waals surface area contributed by atoms with Crippen molar-refractivity contribution in [1.29, 1.82) is 0 Å². The lowest BCUT2D eigenvalue weighted by molar-refractivity contribution is 0.414. The van der Waals surface area contributed by atoms with Gasteiger partial charge >= 0.3 is 0 Å². The lowest BCUT2D eigenvalue weighted by Crippen LogP contribution is -2.46. The summed E-state index contributed by atoms with van der Waals surface area (Å²) in [6.45, 7) is 3.72. The van der Waals surface area contributed by atoms with Crippen LogP contribution in [0, 0.1) is 0 Å². The number of benzene rings is 2. The van der Waals surface area contributed by atoms with Crippen LogP contribution in [0.15, 0.2) is 54.6 Å². The van der Waals surface area contributed by atoms with E-state index in [4.69, 9.17) is 16.3 Å². The van der Waals surface area contributed by atoms with Gasteiger partial charge < -0.3 is 14.5 Å². The van der Waals surface area contributed by atoms with E-state index in [-0.39, 0.29) is 0 Å². The van der Waals surface area contributed by atoms with E-state index in [1.807, 2.05) is 30.3 Å².